The molecular weight excluding hydrogens is 398 g/mol. The maximum Gasteiger partial charge on any atom is 0.261 e. The summed E-state index contributed by atoms with van der Waals surface area (Å²) < 4.78 is 1.90. The molecule has 0 aliphatic heterocycles. The third kappa shape index (κ3) is 3.67. The van der Waals surface area contributed by atoms with Crippen molar-refractivity contribution in [2.24, 2.45) is 0 Å². The normalized spacial score (nSPS) is 11.2. The molecule has 5 rings (SSSR count). The van der Waals surface area contributed by atoms with Gasteiger partial charge in [-0.1, -0.05) is 54.6 Å². The lowest BCUT2D eigenvalue weighted by molar-refractivity contribution is 0.102. The van der Waals surface area contributed by atoms with Crippen LogP contribution in [0.1, 0.15) is 21.5 Å². The maximum absolute atomic E-state index is 13.3. The number of nitrogens with zero attached hydrogens (tertiary/aromatic N) is 3. The number of nitrogen functional groups attached to an aromatic ring is 1. The minimum Gasteiger partial charge on any atom is -0.384 e. The average Bonchev–Trinajstić information content (AvgIpc) is 3.07. The largest absolute Gasteiger partial charge is 0.384 e. The van der Waals surface area contributed by atoms with Crippen molar-refractivity contribution in [3.8, 4) is 0 Å². The smallest absolute Gasteiger partial charge is 0.261 e. The van der Waals surface area contributed by atoms with Crippen LogP contribution < -0.4 is 11.1 Å². The number of carbonyl (C=O) groups is 1. The second kappa shape index (κ2) is 8.15. The number of fused-ring (bicyclic) bond motifs is 2. The van der Waals surface area contributed by atoms with Crippen LogP contribution in [0.4, 0.5) is 11.5 Å². The lowest BCUT2D eigenvalue weighted by Gasteiger charge is -2.09. The van der Waals surface area contributed by atoms with Crippen molar-refractivity contribution in [1.82, 2.24) is 14.5 Å². The first-order valence-electron chi connectivity index (χ1n) is 10.6. The van der Waals surface area contributed by atoms with E-state index in [4.69, 9.17) is 15.7 Å². The molecule has 6 heteroatoms. The highest BCUT2D eigenvalue weighted by atomic mass is 16.1. The van der Waals surface area contributed by atoms with E-state index < -0.39 is 0 Å². The van der Waals surface area contributed by atoms with Crippen molar-refractivity contribution in [1.29, 1.82) is 0 Å². The zero-order chi connectivity index (χ0) is 22.1. The third-order valence-corrected chi connectivity index (χ3v) is 5.56. The van der Waals surface area contributed by atoms with E-state index in [-0.39, 0.29) is 5.91 Å². The Morgan fingerprint density at radius 2 is 1.66 bits per heavy atom. The SMILES string of the molecule is Cc1cccc(NC(=O)c2c(N)n(CCc3ccccc3)c3nc4ccccc4nc23)c1. The number of anilines is 2. The first-order valence-corrected chi connectivity index (χ1v) is 10.6. The summed E-state index contributed by atoms with van der Waals surface area (Å²) in [4.78, 5) is 22.9. The summed E-state index contributed by atoms with van der Waals surface area (Å²) in [6.07, 6.45) is 0.766. The van der Waals surface area contributed by atoms with Gasteiger partial charge >= 0.3 is 0 Å². The summed E-state index contributed by atoms with van der Waals surface area (Å²) in [6.45, 7) is 2.58. The van der Waals surface area contributed by atoms with E-state index >= 15 is 0 Å². The predicted molar refractivity (Wildman–Crippen MR) is 129 cm³/mol. The number of hydrogen-bond donors (Lipinski definition) is 2. The molecule has 3 N–H and O–H groups in total. The van der Waals surface area contributed by atoms with Gasteiger partial charge in [-0.15, -0.1) is 0 Å². The molecule has 2 aromatic heterocycles. The standard InChI is InChI=1S/C26H23N5O/c1-17-8-7-11-19(16-17)28-26(32)22-23-25(30-21-13-6-5-12-20(21)29-23)31(24(22)27)15-14-18-9-3-2-4-10-18/h2-13,16H,14-15,27H2,1H3,(H,28,32). The lowest BCUT2D eigenvalue weighted by Crippen LogP contribution is -2.15. The molecule has 32 heavy (non-hydrogen) atoms. The number of para-hydroxylation sites is 2. The minimum atomic E-state index is -0.291. The van der Waals surface area contributed by atoms with E-state index in [9.17, 15) is 4.79 Å². The molecule has 0 atom stereocenters. The number of hydrogen-bond acceptors (Lipinski definition) is 4. The van der Waals surface area contributed by atoms with Gasteiger partial charge in [0.1, 0.15) is 16.9 Å². The molecule has 0 spiro atoms. The molecule has 2 heterocycles. The molecule has 5 aromatic rings. The first kappa shape index (κ1) is 19.8. The number of rotatable bonds is 5. The Hall–Kier alpha value is -4.19. The van der Waals surface area contributed by atoms with Gasteiger partial charge in [0.25, 0.3) is 5.91 Å². The van der Waals surface area contributed by atoms with Crippen molar-refractivity contribution >= 4 is 39.6 Å². The van der Waals surface area contributed by atoms with Crippen molar-refractivity contribution in [2.45, 2.75) is 19.9 Å². The summed E-state index contributed by atoms with van der Waals surface area (Å²) in [5.41, 5.74) is 12.5. The number of nitrogens with one attached hydrogen (secondary N) is 1. The number of carbonyl (C=O) groups excluding carboxylic acids is 1. The second-order valence-corrected chi connectivity index (χ2v) is 7.86. The van der Waals surface area contributed by atoms with Crippen LogP contribution in [0.3, 0.4) is 0 Å². The molecule has 158 valence electrons. The average molecular weight is 422 g/mol. The van der Waals surface area contributed by atoms with Crippen LogP contribution in [-0.2, 0) is 13.0 Å². The Labute approximate surface area is 185 Å². The van der Waals surface area contributed by atoms with Gasteiger partial charge in [0.15, 0.2) is 5.65 Å². The summed E-state index contributed by atoms with van der Waals surface area (Å²) in [5, 5.41) is 2.97. The topological polar surface area (TPSA) is 85.8 Å². The van der Waals surface area contributed by atoms with Crippen molar-refractivity contribution in [3.05, 3.63) is 95.6 Å². The summed E-state index contributed by atoms with van der Waals surface area (Å²) >= 11 is 0. The van der Waals surface area contributed by atoms with Gasteiger partial charge < -0.3 is 15.6 Å². The number of aromatic nitrogens is 3. The highest BCUT2D eigenvalue weighted by molar-refractivity contribution is 6.16. The van der Waals surface area contributed by atoms with Crippen molar-refractivity contribution in [3.63, 3.8) is 0 Å². The van der Waals surface area contributed by atoms with E-state index in [1.807, 2.05) is 78.2 Å². The zero-order valence-electron chi connectivity index (χ0n) is 17.7. The molecule has 0 saturated carbocycles. The van der Waals surface area contributed by atoms with Crippen LogP contribution in [0.2, 0.25) is 0 Å². The van der Waals surface area contributed by atoms with Crippen LogP contribution in [0.5, 0.6) is 0 Å². The van der Waals surface area contributed by atoms with Crippen molar-refractivity contribution in [2.75, 3.05) is 11.1 Å². The van der Waals surface area contributed by atoms with Gasteiger partial charge in [-0.25, -0.2) is 9.97 Å². The fourth-order valence-electron chi connectivity index (χ4n) is 3.97. The van der Waals surface area contributed by atoms with E-state index in [0.717, 1.165) is 23.0 Å². The highest BCUT2D eigenvalue weighted by Gasteiger charge is 2.24. The highest BCUT2D eigenvalue weighted by Crippen LogP contribution is 2.29. The second-order valence-electron chi connectivity index (χ2n) is 7.86. The maximum atomic E-state index is 13.3. The lowest BCUT2D eigenvalue weighted by atomic mass is 10.1. The molecule has 0 fully saturated rings. The minimum absolute atomic E-state index is 0.291. The van der Waals surface area contributed by atoms with E-state index in [2.05, 4.69) is 17.4 Å². The zero-order valence-corrected chi connectivity index (χ0v) is 17.7. The van der Waals surface area contributed by atoms with E-state index in [1.165, 1.54) is 5.56 Å². The molecule has 0 saturated heterocycles. The van der Waals surface area contributed by atoms with Crippen LogP contribution in [0.15, 0.2) is 78.9 Å². The van der Waals surface area contributed by atoms with Crippen LogP contribution in [0, 0.1) is 6.92 Å². The summed E-state index contributed by atoms with van der Waals surface area (Å²) in [7, 11) is 0. The Kier molecular flexibility index (Phi) is 5.03. The van der Waals surface area contributed by atoms with Gasteiger partial charge in [0.05, 0.1) is 11.0 Å². The Bertz CT molecular complexity index is 1440. The number of nitrogens with two attached hydrogens (primary N) is 1. The molecule has 0 unspecified atom stereocenters. The summed E-state index contributed by atoms with van der Waals surface area (Å²) in [6, 6.07) is 25.5. The first-order chi connectivity index (χ1) is 15.6. The monoisotopic (exact) mass is 421 g/mol. The Balaban J connectivity index is 1.61. The number of benzene rings is 3. The fourth-order valence-corrected chi connectivity index (χ4v) is 3.97. The van der Waals surface area contributed by atoms with Crippen molar-refractivity contribution < 1.29 is 4.79 Å². The molecule has 1 amide bonds. The number of aryl methyl sites for hydroxylation is 3. The number of amides is 1. The van der Waals surface area contributed by atoms with Gasteiger partial charge in [-0.2, -0.15) is 0 Å². The van der Waals surface area contributed by atoms with Gasteiger partial charge in [-0.05, 0) is 48.7 Å². The quantitative estimate of drug-likeness (QED) is 0.419. The third-order valence-electron chi connectivity index (χ3n) is 5.56. The molecule has 0 bridgehead atoms. The summed E-state index contributed by atoms with van der Waals surface area (Å²) in [5.74, 6) is 0.0810. The van der Waals surface area contributed by atoms with Crippen LogP contribution >= 0.6 is 0 Å². The van der Waals surface area contributed by atoms with E-state index in [1.54, 1.807) is 0 Å². The predicted octanol–water partition coefficient (Wildman–Crippen LogP) is 4.97. The molecule has 0 aliphatic rings. The van der Waals surface area contributed by atoms with Gasteiger partial charge in [0.2, 0.25) is 0 Å². The fraction of sp³-hybridized carbons (Fsp3) is 0.115. The van der Waals surface area contributed by atoms with Crippen LogP contribution in [-0.4, -0.2) is 20.4 Å². The molecule has 0 radical (unpaired) electrons. The Morgan fingerprint density at radius 3 is 2.41 bits per heavy atom. The van der Waals surface area contributed by atoms with Gasteiger partial charge in [-0.3, -0.25) is 4.79 Å². The molecule has 3 aromatic carbocycles. The van der Waals surface area contributed by atoms with E-state index in [0.29, 0.717) is 34.8 Å². The van der Waals surface area contributed by atoms with Crippen LogP contribution in [0.25, 0.3) is 22.2 Å². The Morgan fingerprint density at radius 1 is 0.938 bits per heavy atom. The van der Waals surface area contributed by atoms with Gasteiger partial charge in [0, 0.05) is 12.2 Å². The molecular formula is C26H23N5O. The molecule has 0 aliphatic carbocycles. The molecule has 6 nitrogen and oxygen atoms in total.